The predicted molar refractivity (Wildman–Crippen MR) is 103 cm³/mol. The molecule has 0 fully saturated rings. The van der Waals surface area contributed by atoms with Crippen molar-refractivity contribution in [3.05, 3.63) is 82.3 Å². The molecule has 0 unspecified atom stereocenters. The van der Waals surface area contributed by atoms with Gasteiger partial charge in [0.2, 0.25) is 5.91 Å². The number of benzene rings is 2. The third-order valence-electron chi connectivity index (χ3n) is 4.23. The van der Waals surface area contributed by atoms with Crippen molar-refractivity contribution in [1.82, 2.24) is 9.55 Å². The van der Waals surface area contributed by atoms with Crippen LogP contribution in [0.2, 0.25) is 0 Å². The van der Waals surface area contributed by atoms with Crippen LogP contribution < -0.4 is 10.9 Å². The summed E-state index contributed by atoms with van der Waals surface area (Å²) in [7, 11) is 0. The molecule has 0 saturated heterocycles. The SMILES string of the molecule is CCc1cc(=O)n(CC(=O)Nc2cccc(C(F)(F)F)c2)c(-c2ccccc2)n1. The van der Waals surface area contributed by atoms with Crippen molar-refractivity contribution in [2.75, 3.05) is 5.32 Å². The first-order chi connectivity index (χ1) is 13.8. The maximum atomic E-state index is 12.9. The summed E-state index contributed by atoms with van der Waals surface area (Å²) in [6, 6.07) is 14.6. The highest BCUT2D eigenvalue weighted by atomic mass is 19.4. The van der Waals surface area contributed by atoms with Crippen molar-refractivity contribution in [2.45, 2.75) is 26.1 Å². The Bertz CT molecular complexity index is 1080. The van der Waals surface area contributed by atoms with Crippen LogP contribution in [0.25, 0.3) is 11.4 Å². The number of halogens is 3. The summed E-state index contributed by atoms with van der Waals surface area (Å²) in [6.45, 7) is 1.48. The van der Waals surface area contributed by atoms with Gasteiger partial charge in [0.15, 0.2) is 0 Å². The zero-order chi connectivity index (χ0) is 21.0. The van der Waals surface area contributed by atoms with Gasteiger partial charge >= 0.3 is 6.18 Å². The lowest BCUT2D eigenvalue weighted by Crippen LogP contribution is -2.30. The van der Waals surface area contributed by atoms with Crippen molar-refractivity contribution in [1.29, 1.82) is 0 Å². The van der Waals surface area contributed by atoms with E-state index < -0.39 is 23.2 Å². The molecule has 0 saturated carbocycles. The van der Waals surface area contributed by atoms with Gasteiger partial charge in [-0.25, -0.2) is 4.98 Å². The molecule has 29 heavy (non-hydrogen) atoms. The van der Waals surface area contributed by atoms with Crippen LogP contribution in [0.4, 0.5) is 18.9 Å². The second kappa shape index (κ2) is 8.30. The standard InChI is InChI=1S/C21H18F3N3O2/c1-2-16-12-19(29)27(20(26-16)14-7-4-3-5-8-14)13-18(28)25-17-10-6-9-15(11-17)21(22,23)24/h3-12H,2,13H2,1H3,(H,25,28). The van der Waals surface area contributed by atoms with Crippen molar-refractivity contribution >= 4 is 11.6 Å². The average molecular weight is 401 g/mol. The number of rotatable bonds is 5. The maximum absolute atomic E-state index is 12.9. The molecule has 0 aliphatic carbocycles. The lowest BCUT2D eigenvalue weighted by molar-refractivity contribution is -0.137. The van der Waals surface area contributed by atoms with Crippen LogP contribution in [0, 0.1) is 0 Å². The number of alkyl halides is 3. The normalized spacial score (nSPS) is 11.3. The molecule has 8 heteroatoms. The Morgan fingerprint density at radius 2 is 1.79 bits per heavy atom. The van der Waals surface area contributed by atoms with Crippen LogP contribution in [-0.4, -0.2) is 15.5 Å². The van der Waals surface area contributed by atoms with Gasteiger partial charge in [-0.3, -0.25) is 14.2 Å². The highest BCUT2D eigenvalue weighted by Crippen LogP contribution is 2.30. The van der Waals surface area contributed by atoms with Gasteiger partial charge in [-0.1, -0.05) is 43.3 Å². The first kappa shape index (κ1) is 20.3. The topological polar surface area (TPSA) is 64.0 Å². The zero-order valence-corrected chi connectivity index (χ0v) is 15.5. The highest BCUT2D eigenvalue weighted by molar-refractivity contribution is 5.90. The number of nitrogens with zero attached hydrogens (tertiary/aromatic N) is 2. The fourth-order valence-corrected chi connectivity index (χ4v) is 2.81. The summed E-state index contributed by atoms with van der Waals surface area (Å²) in [5.41, 5.74) is -0.0336. The molecule has 1 heterocycles. The fraction of sp³-hybridized carbons (Fsp3) is 0.190. The molecule has 0 spiro atoms. The fourth-order valence-electron chi connectivity index (χ4n) is 2.81. The molecule has 0 aliphatic heterocycles. The number of hydrogen-bond donors (Lipinski definition) is 1. The van der Waals surface area contributed by atoms with Gasteiger partial charge < -0.3 is 5.32 Å². The molecular weight excluding hydrogens is 383 g/mol. The van der Waals surface area contributed by atoms with E-state index in [0.29, 0.717) is 23.5 Å². The smallest absolute Gasteiger partial charge is 0.325 e. The molecule has 1 amide bonds. The second-order valence-corrected chi connectivity index (χ2v) is 6.34. The van der Waals surface area contributed by atoms with Gasteiger partial charge in [0.05, 0.1) is 5.56 Å². The average Bonchev–Trinajstić information content (AvgIpc) is 2.69. The van der Waals surface area contributed by atoms with Crippen molar-refractivity contribution in [3.63, 3.8) is 0 Å². The van der Waals surface area contributed by atoms with Crippen LogP contribution in [0.3, 0.4) is 0 Å². The van der Waals surface area contributed by atoms with Gasteiger partial charge in [-0.05, 0) is 24.6 Å². The molecule has 3 rings (SSSR count). The van der Waals surface area contributed by atoms with Gasteiger partial charge in [0.1, 0.15) is 12.4 Å². The molecule has 2 aromatic carbocycles. The van der Waals surface area contributed by atoms with E-state index in [1.165, 1.54) is 22.8 Å². The Kier molecular flexibility index (Phi) is 5.81. The molecule has 0 bridgehead atoms. The zero-order valence-electron chi connectivity index (χ0n) is 15.5. The van der Waals surface area contributed by atoms with E-state index in [0.717, 1.165) is 12.1 Å². The maximum Gasteiger partial charge on any atom is 0.416 e. The number of anilines is 1. The van der Waals surface area contributed by atoms with E-state index in [1.54, 1.807) is 24.3 Å². The Morgan fingerprint density at radius 1 is 1.07 bits per heavy atom. The number of carbonyl (C=O) groups excluding carboxylic acids is 1. The summed E-state index contributed by atoms with van der Waals surface area (Å²) >= 11 is 0. The molecule has 1 N–H and O–H groups in total. The lowest BCUT2D eigenvalue weighted by atomic mass is 10.2. The van der Waals surface area contributed by atoms with Crippen LogP contribution in [-0.2, 0) is 23.9 Å². The predicted octanol–water partition coefficient (Wildman–Crippen LogP) is 4.13. The van der Waals surface area contributed by atoms with Crippen LogP contribution in [0.5, 0.6) is 0 Å². The number of hydrogen-bond acceptors (Lipinski definition) is 3. The largest absolute Gasteiger partial charge is 0.416 e. The van der Waals surface area contributed by atoms with E-state index in [9.17, 15) is 22.8 Å². The second-order valence-electron chi connectivity index (χ2n) is 6.34. The molecular formula is C21H18F3N3O2. The Balaban J connectivity index is 1.90. The Morgan fingerprint density at radius 3 is 2.45 bits per heavy atom. The number of aryl methyl sites for hydroxylation is 1. The molecule has 3 aromatic rings. The monoisotopic (exact) mass is 401 g/mol. The molecule has 0 radical (unpaired) electrons. The van der Waals surface area contributed by atoms with Gasteiger partial charge in [0, 0.05) is 23.0 Å². The Hall–Kier alpha value is -3.42. The molecule has 1 aromatic heterocycles. The minimum absolute atomic E-state index is 0.00253. The van der Waals surface area contributed by atoms with Gasteiger partial charge in [-0.2, -0.15) is 13.2 Å². The minimum Gasteiger partial charge on any atom is -0.325 e. The summed E-state index contributed by atoms with van der Waals surface area (Å²) in [5.74, 6) is -0.302. The highest BCUT2D eigenvalue weighted by Gasteiger charge is 2.30. The molecule has 5 nitrogen and oxygen atoms in total. The first-order valence-corrected chi connectivity index (χ1v) is 8.91. The number of amides is 1. The van der Waals surface area contributed by atoms with Crippen LogP contribution >= 0.6 is 0 Å². The van der Waals surface area contributed by atoms with E-state index in [-0.39, 0.29) is 12.2 Å². The molecule has 0 aliphatic rings. The Labute approximate surface area is 164 Å². The quantitative estimate of drug-likeness (QED) is 0.699. The summed E-state index contributed by atoms with van der Waals surface area (Å²) < 4.78 is 39.8. The number of carbonyl (C=O) groups is 1. The summed E-state index contributed by atoms with van der Waals surface area (Å²) in [5, 5.41) is 2.41. The third kappa shape index (κ3) is 4.90. The van der Waals surface area contributed by atoms with Crippen molar-refractivity contribution < 1.29 is 18.0 Å². The van der Waals surface area contributed by atoms with E-state index in [2.05, 4.69) is 10.3 Å². The molecule has 150 valence electrons. The lowest BCUT2D eigenvalue weighted by Gasteiger charge is -2.14. The third-order valence-corrected chi connectivity index (χ3v) is 4.23. The summed E-state index contributed by atoms with van der Waals surface area (Å²) in [4.78, 5) is 29.5. The van der Waals surface area contributed by atoms with Gasteiger partial charge in [-0.15, -0.1) is 0 Å². The first-order valence-electron chi connectivity index (χ1n) is 8.91. The van der Waals surface area contributed by atoms with Crippen molar-refractivity contribution in [3.8, 4) is 11.4 Å². The van der Waals surface area contributed by atoms with Gasteiger partial charge in [0.25, 0.3) is 5.56 Å². The minimum atomic E-state index is -4.52. The number of nitrogens with one attached hydrogen (secondary N) is 1. The van der Waals surface area contributed by atoms with E-state index >= 15 is 0 Å². The van der Waals surface area contributed by atoms with Crippen LogP contribution in [0.1, 0.15) is 18.2 Å². The van der Waals surface area contributed by atoms with Crippen LogP contribution in [0.15, 0.2) is 65.5 Å². The number of aromatic nitrogens is 2. The summed E-state index contributed by atoms with van der Waals surface area (Å²) in [6.07, 6.45) is -3.97. The van der Waals surface area contributed by atoms with E-state index in [1.807, 2.05) is 13.0 Å². The van der Waals surface area contributed by atoms with Crippen molar-refractivity contribution in [2.24, 2.45) is 0 Å². The molecule has 0 atom stereocenters. The van der Waals surface area contributed by atoms with E-state index in [4.69, 9.17) is 0 Å².